The minimum atomic E-state index is -0.153. The lowest BCUT2D eigenvalue weighted by atomic mass is 9.79. The molecule has 0 aromatic heterocycles. The van der Waals surface area contributed by atoms with Crippen LogP contribution < -0.4 is 0 Å². The first-order chi connectivity index (χ1) is 6.61. The van der Waals surface area contributed by atoms with Gasteiger partial charge in [-0.05, 0) is 18.8 Å². The molecule has 1 aliphatic carbocycles. The van der Waals surface area contributed by atoms with Crippen molar-refractivity contribution < 1.29 is 9.53 Å². The summed E-state index contributed by atoms with van der Waals surface area (Å²) in [6.07, 6.45) is 6.78. The van der Waals surface area contributed by atoms with Crippen LogP contribution in [0.2, 0.25) is 0 Å². The quantitative estimate of drug-likeness (QED) is 0.651. The van der Waals surface area contributed by atoms with Gasteiger partial charge in [0.25, 0.3) is 0 Å². The molecular weight excluding hydrogens is 176 g/mol. The lowest BCUT2D eigenvalue weighted by Gasteiger charge is -2.31. The topological polar surface area (TPSA) is 26.3 Å². The fourth-order valence-corrected chi connectivity index (χ4v) is 2.41. The van der Waals surface area contributed by atoms with Crippen LogP contribution in [0, 0.1) is 11.8 Å². The minimum Gasteiger partial charge on any atom is -0.463 e. The minimum absolute atomic E-state index is 0.0793. The van der Waals surface area contributed by atoms with Gasteiger partial charge < -0.3 is 4.74 Å². The van der Waals surface area contributed by atoms with Crippen molar-refractivity contribution in [2.45, 2.75) is 59.0 Å². The zero-order valence-electron chi connectivity index (χ0n) is 9.58. The van der Waals surface area contributed by atoms with E-state index >= 15 is 0 Å². The first-order valence-corrected chi connectivity index (χ1v) is 5.78. The van der Waals surface area contributed by atoms with Crippen molar-refractivity contribution in [2.75, 3.05) is 0 Å². The number of rotatable bonds is 3. The van der Waals surface area contributed by atoms with E-state index in [4.69, 9.17) is 4.74 Å². The zero-order valence-corrected chi connectivity index (χ0v) is 9.58. The smallest absolute Gasteiger partial charge is 0.302 e. The number of esters is 1. The standard InChI is InChI=1S/C12H22O2/c1-9(10(2)14-11(3)13)12-7-5-4-6-8-12/h9-10,12H,4-8H2,1-3H3/t9-,10+/m1/s1. The molecule has 1 rings (SSSR count). The lowest BCUT2D eigenvalue weighted by Crippen LogP contribution is -2.28. The molecule has 0 unspecified atom stereocenters. The van der Waals surface area contributed by atoms with Crippen molar-refractivity contribution in [3.63, 3.8) is 0 Å². The molecular formula is C12H22O2. The molecule has 1 fully saturated rings. The first-order valence-electron chi connectivity index (χ1n) is 5.78. The highest BCUT2D eigenvalue weighted by molar-refractivity contribution is 5.66. The average molecular weight is 198 g/mol. The van der Waals surface area contributed by atoms with Gasteiger partial charge in [0.15, 0.2) is 0 Å². The Morgan fingerprint density at radius 2 is 1.79 bits per heavy atom. The van der Waals surface area contributed by atoms with Gasteiger partial charge in [0.2, 0.25) is 0 Å². The molecule has 2 atom stereocenters. The summed E-state index contributed by atoms with van der Waals surface area (Å²) >= 11 is 0. The van der Waals surface area contributed by atoms with E-state index in [0.29, 0.717) is 5.92 Å². The molecule has 0 aliphatic heterocycles. The predicted molar refractivity (Wildman–Crippen MR) is 57.0 cm³/mol. The van der Waals surface area contributed by atoms with Crippen LogP contribution in [0.4, 0.5) is 0 Å². The Hall–Kier alpha value is -0.530. The molecule has 0 heterocycles. The highest BCUT2D eigenvalue weighted by Crippen LogP contribution is 2.32. The second-order valence-electron chi connectivity index (χ2n) is 4.57. The Kier molecular flexibility index (Phi) is 4.43. The van der Waals surface area contributed by atoms with Crippen molar-refractivity contribution in [3.05, 3.63) is 0 Å². The normalized spacial score (nSPS) is 22.8. The molecule has 0 saturated heterocycles. The van der Waals surface area contributed by atoms with E-state index in [1.165, 1.54) is 39.0 Å². The third-order valence-electron chi connectivity index (χ3n) is 3.49. The van der Waals surface area contributed by atoms with E-state index in [1.54, 1.807) is 0 Å². The zero-order chi connectivity index (χ0) is 10.6. The molecule has 82 valence electrons. The van der Waals surface area contributed by atoms with Crippen LogP contribution in [0.15, 0.2) is 0 Å². The van der Waals surface area contributed by atoms with Gasteiger partial charge in [-0.2, -0.15) is 0 Å². The van der Waals surface area contributed by atoms with E-state index in [-0.39, 0.29) is 12.1 Å². The Bertz CT molecular complexity index is 183. The molecule has 0 radical (unpaired) electrons. The summed E-state index contributed by atoms with van der Waals surface area (Å²) in [5.74, 6) is 1.12. The molecule has 0 N–H and O–H groups in total. The fourth-order valence-electron chi connectivity index (χ4n) is 2.41. The van der Waals surface area contributed by atoms with Crippen LogP contribution in [0.3, 0.4) is 0 Å². The summed E-state index contributed by atoms with van der Waals surface area (Å²) < 4.78 is 5.23. The van der Waals surface area contributed by atoms with Crippen molar-refractivity contribution in [2.24, 2.45) is 11.8 Å². The second-order valence-corrected chi connectivity index (χ2v) is 4.57. The van der Waals surface area contributed by atoms with Gasteiger partial charge >= 0.3 is 5.97 Å². The van der Waals surface area contributed by atoms with Crippen molar-refractivity contribution in [1.82, 2.24) is 0 Å². The summed E-state index contributed by atoms with van der Waals surface area (Å²) in [5.41, 5.74) is 0. The molecule has 1 aliphatic rings. The second kappa shape index (κ2) is 5.38. The molecule has 0 aromatic rings. The summed E-state index contributed by atoms with van der Waals surface area (Å²) in [7, 11) is 0. The van der Waals surface area contributed by atoms with Crippen molar-refractivity contribution >= 4 is 5.97 Å². The van der Waals surface area contributed by atoms with Gasteiger partial charge in [-0.25, -0.2) is 0 Å². The summed E-state index contributed by atoms with van der Waals surface area (Å²) in [5, 5.41) is 0. The van der Waals surface area contributed by atoms with E-state index in [1.807, 2.05) is 6.92 Å². The van der Waals surface area contributed by atoms with Crippen molar-refractivity contribution in [1.29, 1.82) is 0 Å². The van der Waals surface area contributed by atoms with Crippen molar-refractivity contribution in [3.8, 4) is 0 Å². The number of hydrogen-bond donors (Lipinski definition) is 0. The number of hydrogen-bond acceptors (Lipinski definition) is 2. The number of ether oxygens (including phenoxy) is 1. The molecule has 0 amide bonds. The van der Waals surface area contributed by atoms with E-state index in [0.717, 1.165) is 5.92 Å². The van der Waals surface area contributed by atoms with Gasteiger partial charge in [0, 0.05) is 6.92 Å². The lowest BCUT2D eigenvalue weighted by molar-refractivity contribution is -0.148. The number of carbonyl (C=O) groups excluding carboxylic acids is 1. The molecule has 2 nitrogen and oxygen atoms in total. The van der Waals surface area contributed by atoms with Crippen LogP contribution >= 0.6 is 0 Å². The van der Waals surface area contributed by atoms with E-state index in [9.17, 15) is 4.79 Å². The van der Waals surface area contributed by atoms with Gasteiger partial charge in [0.1, 0.15) is 6.10 Å². The first kappa shape index (κ1) is 11.5. The maximum Gasteiger partial charge on any atom is 0.302 e. The van der Waals surface area contributed by atoms with Crippen LogP contribution in [0.1, 0.15) is 52.9 Å². The SMILES string of the molecule is CC(=O)O[C@@H](C)[C@@H](C)C1CCCCC1. The van der Waals surface area contributed by atoms with E-state index < -0.39 is 0 Å². The Morgan fingerprint density at radius 1 is 1.21 bits per heavy atom. The highest BCUT2D eigenvalue weighted by atomic mass is 16.5. The fraction of sp³-hybridized carbons (Fsp3) is 0.917. The third-order valence-corrected chi connectivity index (χ3v) is 3.49. The largest absolute Gasteiger partial charge is 0.463 e. The Labute approximate surface area is 87.0 Å². The van der Waals surface area contributed by atoms with Crippen LogP contribution in [-0.4, -0.2) is 12.1 Å². The summed E-state index contributed by atoms with van der Waals surface area (Å²) in [6, 6.07) is 0. The Morgan fingerprint density at radius 3 is 2.29 bits per heavy atom. The van der Waals surface area contributed by atoms with Gasteiger partial charge in [-0.3, -0.25) is 4.79 Å². The number of carbonyl (C=O) groups is 1. The van der Waals surface area contributed by atoms with Gasteiger partial charge in [0.05, 0.1) is 0 Å². The highest BCUT2D eigenvalue weighted by Gasteiger charge is 2.25. The molecule has 1 saturated carbocycles. The molecule has 0 spiro atoms. The summed E-state index contributed by atoms with van der Waals surface area (Å²) in [6.45, 7) is 5.72. The summed E-state index contributed by atoms with van der Waals surface area (Å²) in [4.78, 5) is 10.8. The molecule has 0 bridgehead atoms. The molecule has 14 heavy (non-hydrogen) atoms. The monoisotopic (exact) mass is 198 g/mol. The third kappa shape index (κ3) is 3.32. The van der Waals surface area contributed by atoms with Crippen LogP contribution in [0.25, 0.3) is 0 Å². The molecule has 2 heteroatoms. The molecule has 0 aromatic carbocycles. The van der Waals surface area contributed by atoms with Gasteiger partial charge in [-0.15, -0.1) is 0 Å². The Balaban J connectivity index is 2.37. The van der Waals surface area contributed by atoms with Crippen LogP contribution in [-0.2, 0) is 9.53 Å². The maximum absolute atomic E-state index is 10.8. The predicted octanol–water partition coefficient (Wildman–Crippen LogP) is 3.15. The van der Waals surface area contributed by atoms with Crippen LogP contribution in [0.5, 0.6) is 0 Å². The van der Waals surface area contributed by atoms with E-state index in [2.05, 4.69) is 6.92 Å². The maximum atomic E-state index is 10.8. The van der Waals surface area contributed by atoms with Gasteiger partial charge in [-0.1, -0.05) is 39.0 Å². The average Bonchev–Trinajstić information content (AvgIpc) is 2.17.